The Balaban J connectivity index is 1.49. The number of carbonyl (C=O) groups is 1. The Morgan fingerprint density at radius 2 is 2.13 bits per heavy atom. The van der Waals surface area contributed by atoms with Crippen molar-refractivity contribution in [2.24, 2.45) is 0 Å². The molecule has 1 unspecified atom stereocenters. The Hall–Kier alpha value is -3.13. The van der Waals surface area contributed by atoms with Gasteiger partial charge in [-0.2, -0.15) is 0 Å². The Bertz CT molecular complexity index is 1100. The van der Waals surface area contributed by atoms with Crippen molar-refractivity contribution in [1.82, 2.24) is 19.0 Å². The van der Waals surface area contributed by atoms with E-state index in [1.165, 1.54) is 0 Å². The molecule has 0 radical (unpaired) electrons. The van der Waals surface area contributed by atoms with E-state index in [0.29, 0.717) is 44.1 Å². The van der Waals surface area contributed by atoms with Crippen LogP contribution in [-0.2, 0) is 16.1 Å². The zero-order chi connectivity index (χ0) is 21.1. The van der Waals surface area contributed by atoms with Crippen LogP contribution in [0.15, 0.2) is 47.4 Å². The van der Waals surface area contributed by atoms with Gasteiger partial charge in [-0.25, -0.2) is 9.78 Å². The van der Waals surface area contributed by atoms with E-state index in [4.69, 9.17) is 9.47 Å². The van der Waals surface area contributed by atoms with Crippen LogP contribution in [-0.4, -0.2) is 58.3 Å². The van der Waals surface area contributed by atoms with Gasteiger partial charge in [0.15, 0.2) is 12.3 Å². The highest BCUT2D eigenvalue weighted by molar-refractivity contribution is 5.78. The largest absolute Gasteiger partial charge is 0.484 e. The number of aryl methyl sites for hydroxylation is 1. The standard InChI is InChI=1S/C22H26N4O4/c1-16-5-3-6-18(13-16)30-15-20(27)24-10-8-17(14-24)26-21-19(7-4-9-23-21)25(22(26)28)11-12-29-2/h3-7,9,13,17H,8,10-12,14-15H2,1-2H3. The second kappa shape index (κ2) is 8.71. The second-order valence-corrected chi connectivity index (χ2v) is 7.53. The number of ether oxygens (including phenoxy) is 2. The van der Waals surface area contributed by atoms with E-state index in [1.807, 2.05) is 43.3 Å². The highest BCUT2D eigenvalue weighted by Crippen LogP contribution is 2.24. The molecule has 0 aliphatic carbocycles. The zero-order valence-electron chi connectivity index (χ0n) is 17.3. The van der Waals surface area contributed by atoms with Gasteiger partial charge in [-0.1, -0.05) is 12.1 Å². The molecular weight excluding hydrogens is 384 g/mol. The molecule has 1 atom stereocenters. The van der Waals surface area contributed by atoms with Gasteiger partial charge in [-0.3, -0.25) is 13.9 Å². The normalized spacial score (nSPS) is 16.3. The Morgan fingerprint density at radius 1 is 1.27 bits per heavy atom. The molecule has 0 saturated carbocycles. The third-order valence-electron chi connectivity index (χ3n) is 5.47. The number of aromatic nitrogens is 3. The number of hydrogen-bond donors (Lipinski definition) is 0. The predicted octanol–water partition coefficient (Wildman–Crippen LogP) is 2.01. The molecule has 3 aromatic rings. The number of methoxy groups -OCH3 is 1. The molecule has 2 aromatic heterocycles. The van der Waals surface area contributed by atoms with Crippen LogP contribution in [0.5, 0.6) is 5.75 Å². The summed E-state index contributed by atoms with van der Waals surface area (Å²) in [5.41, 5.74) is 2.40. The van der Waals surface area contributed by atoms with Crippen LogP contribution in [0.2, 0.25) is 0 Å². The maximum atomic E-state index is 13.1. The summed E-state index contributed by atoms with van der Waals surface area (Å²) in [6, 6.07) is 11.2. The SMILES string of the molecule is COCCn1c(=O)n(C2CCN(C(=O)COc3cccc(C)c3)C2)c2ncccc21. The molecule has 158 valence electrons. The molecule has 0 bridgehead atoms. The fourth-order valence-corrected chi connectivity index (χ4v) is 3.96. The topological polar surface area (TPSA) is 78.6 Å². The van der Waals surface area contributed by atoms with Crippen molar-refractivity contribution in [3.8, 4) is 5.75 Å². The van der Waals surface area contributed by atoms with Gasteiger partial charge in [0.25, 0.3) is 5.91 Å². The average Bonchev–Trinajstić information content (AvgIpc) is 3.33. The number of fused-ring (bicyclic) bond motifs is 1. The van der Waals surface area contributed by atoms with E-state index >= 15 is 0 Å². The van der Waals surface area contributed by atoms with Crippen molar-refractivity contribution in [3.63, 3.8) is 0 Å². The third-order valence-corrected chi connectivity index (χ3v) is 5.47. The maximum absolute atomic E-state index is 13.1. The summed E-state index contributed by atoms with van der Waals surface area (Å²) in [5, 5.41) is 0. The van der Waals surface area contributed by atoms with Gasteiger partial charge in [0.05, 0.1) is 24.7 Å². The van der Waals surface area contributed by atoms with Crippen molar-refractivity contribution in [2.75, 3.05) is 33.4 Å². The Kier molecular flexibility index (Phi) is 5.85. The number of carbonyl (C=O) groups excluding carboxylic acids is 1. The summed E-state index contributed by atoms with van der Waals surface area (Å²) >= 11 is 0. The minimum atomic E-state index is -0.115. The van der Waals surface area contributed by atoms with Gasteiger partial charge in [0.2, 0.25) is 0 Å². The number of rotatable bonds is 7. The molecule has 1 aliphatic heterocycles. The molecule has 0 spiro atoms. The summed E-state index contributed by atoms with van der Waals surface area (Å²) in [4.78, 5) is 32.0. The first-order valence-electron chi connectivity index (χ1n) is 10.1. The summed E-state index contributed by atoms with van der Waals surface area (Å²) in [7, 11) is 1.61. The minimum Gasteiger partial charge on any atom is -0.484 e. The molecule has 30 heavy (non-hydrogen) atoms. The van der Waals surface area contributed by atoms with Crippen molar-refractivity contribution in [3.05, 3.63) is 58.6 Å². The van der Waals surface area contributed by atoms with Gasteiger partial charge < -0.3 is 14.4 Å². The minimum absolute atomic E-state index is 0.0150. The van der Waals surface area contributed by atoms with Crippen LogP contribution in [0.4, 0.5) is 0 Å². The van der Waals surface area contributed by atoms with Gasteiger partial charge in [-0.05, 0) is 43.2 Å². The molecule has 1 aromatic carbocycles. The molecular formula is C22H26N4O4. The number of benzene rings is 1. The van der Waals surface area contributed by atoms with E-state index in [-0.39, 0.29) is 24.2 Å². The van der Waals surface area contributed by atoms with Crippen molar-refractivity contribution < 1.29 is 14.3 Å². The van der Waals surface area contributed by atoms with Crippen molar-refractivity contribution >= 4 is 17.1 Å². The van der Waals surface area contributed by atoms with Gasteiger partial charge in [0.1, 0.15) is 5.75 Å². The fourth-order valence-electron chi connectivity index (χ4n) is 3.96. The molecule has 3 heterocycles. The number of likely N-dealkylation sites (tertiary alicyclic amines) is 1. The first-order valence-corrected chi connectivity index (χ1v) is 10.1. The lowest BCUT2D eigenvalue weighted by molar-refractivity contribution is -0.132. The average molecular weight is 410 g/mol. The van der Waals surface area contributed by atoms with Crippen LogP contribution >= 0.6 is 0 Å². The highest BCUT2D eigenvalue weighted by atomic mass is 16.5. The molecule has 1 amide bonds. The Morgan fingerprint density at radius 3 is 2.93 bits per heavy atom. The molecule has 1 aliphatic rings. The molecule has 8 nitrogen and oxygen atoms in total. The van der Waals surface area contributed by atoms with Gasteiger partial charge in [-0.15, -0.1) is 0 Å². The highest BCUT2D eigenvalue weighted by Gasteiger charge is 2.31. The quantitative estimate of drug-likeness (QED) is 0.595. The van der Waals surface area contributed by atoms with E-state index in [0.717, 1.165) is 11.1 Å². The molecule has 0 N–H and O–H groups in total. The number of imidazole rings is 1. The van der Waals surface area contributed by atoms with Crippen LogP contribution in [0, 0.1) is 6.92 Å². The lowest BCUT2D eigenvalue weighted by Crippen LogP contribution is -2.35. The predicted molar refractivity (Wildman–Crippen MR) is 113 cm³/mol. The number of pyridine rings is 1. The number of nitrogens with zero attached hydrogens (tertiary/aromatic N) is 4. The molecule has 8 heteroatoms. The van der Waals surface area contributed by atoms with Crippen LogP contribution < -0.4 is 10.4 Å². The van der Waals surface area contributed by atoms with E-state index in [1.54, 1.807) is 27.3 Å². The lowest BCUT2D eigenvalue weighted by Gasteiger charge is -2.17. The zero-order valence-corrected chi connectivity index (χ0v) is 17.3. The first kappa shape index (κ1) is 20.2. The summed E-state index contributed by atoms with van der Waals surface area (Å²) in [6.45, 7) is 3.93. The fraction of sp³-hybridized carbons (Fsp3) is 0.409. The summed E-state index contributed by atoms with van der Waals surface area (Å²) < 4.78 is 14.2. The monoisotopic (exact) mass is 410 g/mol. The summed E-state index contributed by atoms with van der Waals surface area (Å²) in [6.07, 6.45) is 2.39. The van der Waals surface area contributed by atoms with E-state index in [9.17, 15) is 9.59 Å². The van der Waals surface area contributed by atoms with E-state index < -0.39 is 0 Å². The van der Waals surface area contributed by atoms with Crippen LogP contribution in [0.1, 0.15) is 18.0 Å². The van der Waals surface area contributed by atoms with Crippen molar-refractivity contribution in [2.45, 2.75) is 25.9 Å². The van der Waals surface area contributed by atoms with Gasteiger partial charge >= 0.3 is 5.69 Å². The van der Waals surface area contributed by atoms with E-state index in [2.05, 4.69) is 4.98 Å². The molecule has 1 fully saturated rings. The Labute approximate surface area is 174 Å². The van der Waals surface area contributed by atoms with Crippen LogP contribution in [0.3, 0.4) is 0 Å². The third kappa shape index (κ3) is 3.95. The first-order chi connectivity index (χ1) is 14.6. The van der Waals surface area contributed by atoms with Crippen molar-refractivity contribution in [1.29, 1.82) is 0 Å². The second-order valence-electron chi connectivity index (χ2n) is 7.53. The summed E-state index contributed by atoms with van der Waals surface area (Å²) in [5.74, 6) is 0.601. The number of amides is 1. The number of hydrogen-bond acceptors (Lipinski definition) is 5. The van der Waals surface area contributed by atoms with Gasteiger partial charge in [0, 0.05) is 26.4 Å². The molecule has 1 saturated heterocycles. The smallest absolute Gasteiger partial charge is 0.330 e. The molecule has 4 rings (SSSR count). The van der Waals surface area contributed by atoms with Crippen LogP contribution in [0.25, 0.3) is 11.2 Å². The lowest BCUT2D eigenvalue weighted by atomic mass is 10.2. The maximum Gasteiger partial charge on any atom is 0.330 e.